The molecule has 2 aromatic heterocycles. The summed E-state index contributed by atoms with van der Waals surface area (Å²) in [4.78, 5) is 5.41. The summed E-state index contributed by atoms with van der Waals surface area (Å²) in [7, 11) is -0.340. The first kappa shape index (κ1) is 25.9. The van der Waals surface area contributed by atoms with Crippen LogP contribution in [0.2, 0.25) is 0 Å². The third kappa shape index (κ3) is 8.62. The molecule has 2 heterocycles. The van der Waals surface area contributed by atoms with Crippen molar-refractivity contribution in [3.8, 4) is 0 Å². The molecule has 0 aliphatic carbocycles. The van der Waals surface area contributed by atoms with Crippen molar-refractivity contribution in [1.82, 2.24) is 14.9 Å². The van der Waals surface area contributed by atoms with E-state index >= 15 is 0 Å². The van der Waals surface area contributed by atoms with E-state index in [0.717, 1.165) is 23.6 Å². The number of rotatable bonds is 11. The average molecular weight is 556 g/mol. The lowest BCUT2D eigenvalue weighted by molar-refractivity contribution is 0.105. The van der Waals surface area contributed by atoms with E-state index in [9.17, 15) is 8.42 Å². The number of hydrogen-bond donors (Lipinski definition) is 2. The first-order valence-corrected chi connectivity index (χ1v) is 11.3. The number of thiophene rings is 1. The minimum atomic E-state index is -3.39. The molecule has 11 heteroatoms. The maximum absolute atomic E-state index is 12.1. The molecule has 0 aromatic carbocycles. The van der Waals surface area contributed by atoms with E-state index in [1.54, 1.807) is 18.4 Å². The molecule has 0 aliphatic heterocycles. The number of aliphatic imine (C=N–C) groups is 1. The van der Waals surface area contributed by atoms with Crippen LogP contribution in [0.3, 0.4) is 0 Å². The molecule has 2 N–H and O–H groups in total. The highest BCUT2D eigenvalue weighted by Gasteiger charge is 2.19. The van der Waals surface area contributed by atoms with E-state index < -0.39 is 10.0 Å². The third-order valence-electron chi connectivity index (χ3n) is 3.69. The van der Waals surface area contributed by atoms with Gasteiger partial charge in [-0.1, -0.05) is 0 Å². The second kappa shape index (κ2) is 13.2. The monoisotopic (exact) mass is 556 g/mol. The molecular weight excluding hydrogens is 527 g/mol. The van der Waals surface area contributed by atoms with Crippen LogP contribution in [0.15, 0.2) is 44.1 Å². The molecule has 0 aliphatic rings. The van der Waals surface area contributed by atoms with E-state index in [0.29, 0.717) is 36.5 Å². The average Bonchev–Trinajstić information content (AvgIpc) is 3.34. The van der Waals surface area contributed by atoms with Crippen LogP contribution in [0.1, 0.15) is 24.0 Å². The minimum Gasteiger partial charge on any atom is -0.467 e. The molecule has 0 unspecified atom stereocenters. The minimum absolute atomic E-state index is 0. The normalized spacial score (nSPS) is 12.1. The van der Waals surface area contributed by atoms with Crippen molar-refractivity contribution in [3.63, 3.8) is 0 Å². The molecule has 8 nitrogen and oxygen atoms in total. The summed E-state index contributed by atoms with van der Waals surface area (Å²) in [5, 5.41) is 6.44. The van der Waals surface area contributed by atoms with Gasteiger partial charge in [0.1, 0.15) is 16.6 Å². The number of nitrogens with one attached hydrogen (secondary N) is 2. The Morgan fingerprint density at radius 2 is 2.07 bits per heavy atom. The maximum Gasteiger partial charge on any atom is 0.252 e. The van der Waals surface area contributed by atoms with Gasteiger partial charge in [0.25, 0.3) is 10.0 Å². The number of furan rings is 1. The van der Waals surface area contributed by atoms with Gasteiger partial charge in [-0.25, -0.2) is 17.7 Å². The van der Waals surface area contributed by atoms with Crippen molar-refractivity contribution in [1.29, 1.82) is 0 Å². The number of hydrogen-bond acceptors (Lipinski definition) is 6. The van der Waals surface area contributed by atoms with Crippen molar-refractivity contribution >= 4 is 51.3 Å². The fraction of sp³-hybridized carbons (Fsp3) is 0.500. The first-order valence-electron chi connectivity index (χ1n) is 9.07. The SMILES string of the molecule is CCNC(=NCc1ccc(S(=O)(=O)N(C)C)s1)NCCCOCc1ccco1.I. The van der Waals surface area contributed by atoms with Gasteiger partial charge in [0.05, 0.1) is 12.8 Å². The van der Waals surface area contributed by atoms with E-state index in [-0.39, 0.29) is 24.0 Å². The summed E-state index contributed by atoms with van der Waals surface area (Å²) < 4.78 is 36.6. The zero-order chi connectivity index (χ0) is 20.4. The summed E-state index contributed by atoms with van der Waals surface area (Å²) >= 11 is 1.24. The largest absolute Gasteiger partial charge is 0.467 e. The van der Waals surface area contributed by atoms with E-state index in [1.165, 1.54) is 29.7 Å². The Kier molecular flexibility index (Phi) is 11.8. The Morgan fingerprint density at radius 1 is 1.28 bits per heavy atom. The number of guanidine groups is 1. The zero-order valence-electron chi connectivity index (χ0n) is 16.9. The molecule has 2 aromatic rings. The smallest absolute Gasteiger partial charge is 0.252 e. The molecule has 0 amide bonds. The summed E-state index contributed by atoms with van der Waals surface area (Å²) in [6, 6.07) is 7.15. The van der Waals surface area contributed by atoms with Gasteiger partial charge in [-0.3, -0.25) is 0 Å². The van der Waals surface area contributed by atoms with Crippen LogP contribution in [0.25, 0.3) is 0 Å². The Hall–Kier alpha value is -1.15. The van der Waals surface area contributed by atoms with Gasteiger partial charge < -0.3 is 19.8 Å². The maximum atomic E-state index is 12.1. The predicted molar refractivity (Wildman–Crippen MR) is 126 cm³/mol. The Morgan fingerprint density at radius 3 is 2.72 bits per heavy atom. The van der Waals surface area contributed by atoms with Crippen molar-refractivity contribution < 1.29 is 17.6 Å². The van der Waals surface area contributed by atoms with Crippen LogP contribution >= 0.6 is 35.3 Å². The van der Waals surface area contributed by atoms with Crippen LogP contribution in [0.4, 0.5) is 0 Å². The molecule has 164 valence electrons. The molecular formula is C18H29IN4O4S2. The molecule has 0 spiro atoms. The lowest BCUT2D eigenvalue weighted by Crippen LogP contribution is -2.38. The molecule has 0 saturated heterocycles. The second-order valence-electron chi connectivity index (χ2n) is 6.12. The highest BCUT2D eigenvalue weighted by atomic mass is 127. The molecule has 0 fully saturated rings. The van der Waals surface area contributed by atoms with Gasteiger partial charge in [0.15, 0.2) is 5.96 Å². The molecule has 0 bridgehead atoms. The third-order valence-corrected chi connectivity index (χ3v) is 7.04. The van der Waals surface area contributed by atoms with Gasteiger partial charge >= 0.3 is 0 Å². The molecule has 2 rings (SSSR count). The summed E-state index contributed by atoms with van der Waals surface area (Å²) in [5.74, 6) is 1.51. The fourth-order valence-corrected chi connectivity index (χ4v) is 4.66. The van der Waals surface area contributed by atoms with Crippen molar-refractivity contribution in [2.24, 2.45) is 4.99 Å². The van der Waals surface area contributed by atoms with Crippen molar-refractivity contribution in [3.05, 3.63) is 41.2 Å². The van der Waals surface area contributed by atoms with Crippen LogP contribution < -0.4 is 10.6 Å². The summed E-state index contributed by atoms with van der Waals surface area (Å²) in [6.45, 7) is 4.95. The topological polar surface area (TPSA) is 96.2 Å². The number of sulfonamides is 1. The first-order chi connectivity index (χ1) is 13.4. The van der Waals surface area contributed by atoms with Gasteiger partial charge in [0, 0.05) is 38.7 Å². The van der Waals surface area contributed by atoms with Gasteiger partial charge in [-0.15, -0.1) is 35.3 Å². The molecule has 0 radical (unpaired) electrons. The van der Waals surface area contributed by atoms with Crippen LogP contribution in [0.5, 0.6) is 0 Å². The van der Waals surface area contributed by atoms with Crippen molar-refractivity contribution in [2.45, 2.75) is 30.7 Å². The quantitative estimate of drug-likeness (QED) is 0.191. The van der Waals surface area contributed by atoms with Gasteiger partial charge in [-0.2, -0.15) is 0 Å². The van der Waals surface area contributed by atoms with Crippen molar-refractivity contribution in [2.75, 3.05) is 33.8 Å². The van der Waals surface area contributed by atoms with E-state index in [2.05, 4.69) is 15.6 Å². The highest BCUT2D eigenvalue weighted by molar-refractivity contribution is 14.0. The summed E-state index contributed by atoms with van der Waals surface area (Å²) in [6.07, 6.45) is 2.46. The van der Waals surface area contributed by atoms with Gasteiger partial charge in [-0.05, 0) is 37.6 Å². The van der Waals surface area contributed by atoms with Crippen LogP contribution in [-0.2, 0) is 27.9 Å². The molecule has 29 heavy (non-hydrogen) atoms. The summed E-state index contributed by atoms with van der Waals surface area (Å²) in [5.41, 5.74) is 0. The Labute approximate surface area is 193 Å². The molecule has 0 atom stereocenters. The number of ether oxygens (including phenoxy) is 1. The van der Waals surface area contributed by atoms with Gasteiger partial charge in [0.2, 0.25) is 0 Å². The van der Waals surface area contributed by atoms with E-state index in [1.807, 2.05) is 19.1 Å². The molecule has 0 saturated carbocycles. The highest BCUT2D eigenvalue weighted by Crippen LogP contribution is 2.24. The lowest BCUT2D eigenvalue weighted by atomic mass is 10.4. The standard InChI is InChI=1S/C18H28N4O4S2.HI/c1-4-19-18(20-10-6-11-25-14-15-7-5-12-26-15)21-13-16-8-9-17(27-16)28(23,24)22(2)3;/h5,7-9,12H,4,6,10-11,13-14H2,1-3H3,(H2,19,20,21);1H. The lowest BCUT2D eigenvalue weighted by Gasteiger charge is -2.11. The Bertz CT molecular complexity index is 836. The zero-order valence-corrected chi connectivity index (χ0v) is 20.8. The number of nitrogens with zero attached hydrogens (tertiary/aromatic N) is 2. The van der Waals surface area contributed by atoms with E-state index in [4.69, 9.17) is 9.15 Å². The predicted octanol–water partition coefficient (Wildman–Crippen LogP) is 2.87. The number of halogens is 1. The second-order valence-corrected chi connectivity index (χ2v) is 9.66. The Balaban J connectivity index is 0.00000420. The fourth-order valence-electron chi connectivity index (χ4n) is 2.21. The van der Waals surface area contributed by atoms with Crippen LogP contribution in [0, 0.1) is 0 Å². The van der Waals surface area contributed by atoms with Crippen LogP contribution in [-0.4, -0.2) is 52.5 Å².